The average Bonchev–Trinajstić information content (AvgIpc) is 2.79. The van der Waals surface area contributed by atoms with Gasteiger partial charge < -0.3 is 5.11 Å². The zero-order valence-corrected chi connectivity index (χ0v) is 16.8. The summed E-state index contributed by atoms with van der Waals surface area (Å²) in [5.41, 5.74) is 3.32. The Morgan fingerprint density at radius 2 is 1.90 bits per heavy atom. The Bertz CT molecular complexity index is 1100. The summed E-state index contributed by atoms with van der Waals surface area (Å²) in [5, 5.41) is 11.1. The molecule has 1 N–H and O–H groups in total. The monoisotopic (exact) mass is 396 g/mol. The van der Waals surface area contributed by atoms with Crippen molar-refractivity contribution in [2.45, 2.75) is 24.9 Å². The summed E-state index contributed by atoms with van der Waals surface area (Å²) in [5.74, 6) is 6.66. The SMILES string of the molecule is OC1(C#Cc2cccnc2-c2cncc(Cc3ccccc3)n2)CN2CCC1CC2. The van der Waals surface area contributed by atoms with E-state index in [4.69, 9.17) is 4.98 Å². The van der Waals surface area contributed by atoms with Crippen molar-refractivity contribution in [3.63, 3.8) is 0 Å². The summed E-state index contributed by atoms with van der Waals surface area (Å²) >= 11 is 0. The largest absolute Gasteiger partial charge is 0.376 e. The van der Waals surface area contributed by atoms with Crippen LogP contribution >= 0.6 is 0 Å². The molecule has 3 saturated heterocycles. The highest BCUT2D eigenvalue weighted by atomic mass is 16.3. The summed E-state index contributed by atoms with van der Waals surface area (Å²) in [6.45, 7) is 2.76. The second kappa shape index (κ2) is 7.98. The van der Waals surface area contributed by atoms with E-state index in [1.165, 1.54) is 5.56 Å². The molecule has 5 heterocycles. The van der Waals surface area contributed by atoms with E-state index in [-0.39, 0.29) is 5.92 Å². The minimum Gasteiger partial charge on any atom is -0.376 e. The van der Waals surface area contributed by atoms with Gasteiger partial charge in [0.2, 0.25) is 0 Å². The third-order valence-corrected chi connectivity index (χ3v) is 6.10. The molecular formula is C25H24N4O. The van der Waals surface area contributed by atoms with Crippen molar-refractivity contribution in [3.8, 4) is 23.2 Å². The van der Waals surface area contributed by atoms with Crippen molar-refractivity contribution in [1.82, 2.24) is 19.9 Å². The number of aliphatic hydroxyl groups is 1. The second-order valence-electron chi connectivity index (χ2n) is 8.18. The smallest absolute Gasteiger partial charge is 0.141 e. The molecule has 6 rings (SSSR count). The van der Waals surface area contributed by atoms with Crippen LogP contribution in [-0.2, 0) is 6.42 Å². The summed E-state index contributed by atoms with van der Waals surface area (Å²) in [6, 6.07) is 14.0. The fourth-order valence-corrected chi connectivity index (χ4v) is 4.48. The molecule has 3 fully saturated rings. The molecule has 0 radical (unpaired) electrons. The quantitative estimate of drug-likeness (QED) is 0.690. The highest BCUT2D eigenvalue weighted by Gasteiger charge is 2.44. The number of hydrogen-bond acceptors (Lipinski definition) is 5. The van der Waals surface area contributed by atoms with Crippen LogP contribution in [0.5, 0.6) is 0 Å². The van der Waals surface area contributed by atoms with Gasteiger partial charge in [-0.05, 0) is 43.6 Å². The number of pyridine rings is 1. The highest BCUT2D eigenvalue weighted by molar-refractivity contribution is 5.63. The van der Waals surface area contributed by atoms with Crippen molar-refractivity contribution in [1.29, 1.82) is 0 Å². The molecule has 30 heavy (non-hydrogen) atoms. The van der Waals surface area contributed by atoms with Crippen LogP contribution in [0.3, 0.4) is 0 Å². The first kappa shape index (κ1) is 18.9. The molecule has 2 bridgehead atoms. The predicted molar refractivity (Wildman–Crippen MR) is 116 cm³/mol. The highest BCUT2D eigenvalue weighted by Crippen LogP contribution is 2.35. The van der Waals surface area contributed by atoms with E-state index in [9.17, 15) is 5.11 Å². The molecule has 1 aromatic carbocycles. The average molecular weight is 396 g/mol. The van der Waals surface area contributed by atoms with Crippen LogP contribution in [0.25, 0.3) is 11.4 Å². The van der Waals surface area contributed by atoms with E-state index in [2.05, 4.69) is 38.8 Å². The van der Waals surface area contributed by atoms with Gasteiger partial charge in [-0.2, -0.15) is 0 Å². The molecule has 3 aliphatic heterocycles. The summed E-state index contributed by atoms with van der Waals surface area (Å²) in [7, 11) is 0. The van der Waals surface area contributed by atoms with Crippen LogP contribution in [0.2, 0.25) is 0 Å². The Kier molecular flexibility index (Phi) is 5.04. The lowest BCUT2D eigenvalue weighted by atomic mass is 9.76. The lowest BCUT2D eigenvalue weighted by molar-refractivity contribution is -0.0713. The van der Waals surface area contributed by atoms with Gasteiger partial charge in [0.1, 0.15) is 17.0 Å². The van der Waals surface area contributed by atoms with Crippen LogP contribution in [0, 0.1) is 17.8 Å². The van der Waals surface area contributed by atoms with Crippen molar-refractivity contribution >= 4 is 0 Å². The molecule has 0 amide bonds. The van der Waals surface area contributed by atoms with Gasteiger partial charge in [-0.25, -0.2) is 4.98 Å². The van der Waals surface area contributed by atoms with Crippen molar-refractivity contribution < 1.29 is 5.11 Å². The van der Waals surface area contributed by atoms with E-state index < -0.39 is 5.60 Å². The third kappa shape index (κ3) is 3.85. The summed E-state index contributed by atoms with van der Waals surface area (Å²) in [4.78, 5) is 16.0. The molecule has 5 heteroatoms. The number of rotatable bonds is 3. The van der Waals surface area contributed by atoms with Crippen LogP contribution in [0.15, 0.2) is 61.1 Å². The van der Waals surface area contributed by atoms with Crippen molar-refractivity contribution in [2.75, 3.05) is 19.6 Å². The Hall–Kier alpha value is -3.07. The Labute approximate surface area is 176 Å². The summed E-state index contributed by atoms with van der Waals surface area (Å²) in [6.07, 6.45) is 8.00. The molecule has 150 valence electrons. The molecule has 5 nitrogen and oxygen atoms in total. The Morgan fingerprint density at radius 1 is 1.07 bits per heavy atom. The fourth-order valence-electron chi connectivity index (χ4n) is 4.48. The molecule has 1 atom stereocenters. The van der Waals surface area contributed by atoms with Crippen LogP contribution < -0.4 is 0 Å². The van der Waals surface area contributed by atoms with Gasteiger partial charge in [-0.1, -0.05) is 42.2 Å². The Morgan fingerprint density at radius 3 is 2.67 bits per heavy atom. The first-order chi connectivity index (χ1) is 14.7. The molecule has 1 unspecified atom stereocenters. The lowest BCUT2D eigenvalue weighted by Gasteiger charge is -2.47. The van der Waals surface area contributed by atoms with Crippen LogP contribution in [0.4, 0.5) is 0 Å². The van der Waals surface area contributed by atoms with Crippen LogP contribution in [-0.4, -0.2) is 50.2 Å². The third-order valence-electron chi connectivity index (χ3n) is 6.10. The van der Waals surface area contributed by atoms with Gasteiger partial charge in [-0.3, -0.25) is 14.9 Å². The normalized spacial score (nSPS) is 24.8. The number of nitrogens with zero attached hydrogens (tertiary/aromatic N) is 4. The molecule has 0 saturated carbocycles. The lowest BCUT2D eigenvalue weighted by Crippen LogP contribution is -2.58. The number of aromatic nitrogens is 3. The van der Waals surface area contributed by atoms with Crippen molar-refractivity contribution in [2.24, 2.45) is 5.92 Å². The Balaban J connectivity index is 1.44. The maximum absolute atomic E-state index is 11.1. The first-order valence-corrected chi connectivity index (χ1v) is 10.5. The first-order valence-electron chi connectivity index (χ1n) is 10.5. The number of hydrogen-bond donors (Lipinski definition) is 1. The van der Waals surface area contributed by atoms with E-state index in [0.29, 0.717) is 24.4 Å². The second-order valence-corrected chi connectivity index (χ2v) is 8.18. The molecule has 3 aromatic rings. The molecule has 0 aliphatic carbocycles. The maximum Gasteiger partial charge on any atom is 0.141 e. The molecular weight excluding hydrogens is 372 g/mol. The number of benzene rings is 1. The van der Waals surface area contributed by atoms with Crippen molar-refractivity contribution in [3.05, 3.63) is 77.9 Å². The van der Waals surface area contributed by atoms with E-state index >= 15 is 0 Å². The van der Waals surface area contributed by atoms with Gasteiger partial charge in [0.05, 0.1) is 17.5 Å². The van der Waals surface area contributed by atoms with Gasteiger partial charge in [0, 0.05) is 31.3 Å². The predicted octanol–water partition coefficient (Wildman–Crippen LogP) is 2.94. The minimum atomic E-state index is -0.940. The van der Waals surface area contributed by atoms with Gasteiger partial charge in [0.15, 0.2) is 0 Å². The summed E-state index contributed by atoms with van der Waals surface area (Å²) < 4.78 is 0. The zero-order valence-electron chi connectivity index (χ0n) is 16.8. The molecule has 3 aliphatic rings. The maximum atomic E-state index is 11.1. The molecule has 2 aromatic heterocycles. The minimum absolute atomic E-state index is 0.254. The van der Waals surface area contributed by atoms with E-state index in [0.717, 1.165) is 37.2 Å². The number of piperidine rings is 3. The van der Waals surface area contributed by atoms with Gasteiger partial charge >= 0.3 is 0 Å². The zero-order chi connectivity index (χ0) is 20.4. The molecule has 0 spiro atoms. The van der Waals surface area contributed by atoms with Crippen LogP contribution in [0.1, 0.15) is 29.7 Å². The topological polar surface area (TPSA) is 62.1 Å². The standard InChI is InChI=1S/C25H24N4O/c30-25(18-29-13-9-21(25)10-14-29)11-8-20-7-4-12-27-24(20)23-17-26-16-22(28-23)15-19-5-2-1-3-6-19/h1-7,12,16-17,21,30H,9-10,13-15,18H2. The van der Waals surface area contributed by atoms with Gasteiger partial charge in [-0.15, -0.1) is 0 Å². The van der Waals surface area contributed by atoms with E-state index in [1.807, 2.05) is 30.3 Å². The fraction of sp³-hybridized carbons (Fsp3) is 0.320. The number of fused-ring (bicyclic) bond motifs is 3. The van der Waals surface area contributed by atoms with E-state index in [1.54, 1.807) is 18.6 Å². The van der Waals surface area contributed by atoms with Gasteiger partial charge in [0.25, 0.3) is 0 Å².